The van der Waals surface area contributed by atoms with Crippen LogP contribution in [0.1, 0.15) is 0 Å². The average molecular weight is 230 g/mol. The quantitative estimate of drug-likeness (QED) is 0.253. The van der Waals surface area contributed by atoms with Gasteiger partial charge in [-0.15, -0.1) is 0 Å². The zero-order valence-corrected chi connectivity index (χ0v) is 7.13. The molecule has 56 valence electrons. The molecule has 0 spiro atoms. The van der Waals surface area contributed by atoms with Crippen LogP contribution < -0.4 is 22.1 Å². The third-order valence-electron chi connectivity index (χ3n) is 0. The Balaban J connectivity index is -0.0000000300. The first-order valence-corrected chi connectivity index (χ1v) is 1.18. The van der Waals surface area contributed by atoms with Gasteiger partial charge in [-0.1, -0.05) is 0 Å². The molecule has 0 atom stereocenters. The number of carbonyl (C=O) groups is 1. The molecule has 0 amide bonds. The Bertz CT molecular complexity index is 75.7. The van der Waals surface area contributed by atoms with E-state index in [4.69, 9.17) is 30.3 Å². The van der Waals surface area contributed by atoms with Gasteiger partial charge >= 0.3 is 17.4 Å². The van der Waals surface area contributed by atoms with E-state index in [1.165, 1.54) is 0 Å². The summed E-state index contributed by atoms with van der Waals surface area (Å²) in [5.74, 6) is 0. The van der Waals surface area contributed by atoms with Crippen LogP contribution in [0.5, 0.6) is 0 Å². The molecule has 0 aliphatic carbocycles. The summed E-state index contributed by atoms with van der Waals surface area (Å²) in [6, 6.07) is 0. The third kappa shape index (κ3) is 1170. The summed E-state index contributed by atoms with van der Waals surface area (Å²) < 4.78 is 0. The molecule has 9 heteroatoms. The van der Waals surface area contributed by atoms with Crippen LogP contribution in [-0.4, -0.2) is 33.7 Å². The van der Waals surface area contributed by atoms with Crippen molar-refractivity contribution in [2.75, 3.05) is 0 Å². The van der Waals surface area contributed by atoms with Gasteiger partial charge in [0.1, 0.15) is 0 Å². The van der Waals surface area contributed by atoms with Crippen molar-refractivity contribution in [3.05, 3.63) is 15.3 Å². The van der Waals surface area contributed by atoms with Crippen molar-refractivity contribution >= 4 is 23.5 Å². The van der Waals surface area contributed by atoms with Crippen LogP contribution in [0.4, 0.5) is 4.79 Å². The maximum atomic E-state index is 8.44. The van der Waals surface area contributed by atoms with E-state index in [9.17, 15) is 0 Å². The van der Waals surface area contributed by atoms with Crippen molar-refractivity contribution in [2.24, 2.45) is 0 Å². The van der Waals surface area contributed by atoms with Crippen LogP contribution in [0.15, 0.2) is 0 Å². The van der Waals surface area contributed by atoms with Crippen LogP contribution in [0.2, 0.25) is 0 Å². The molecule has 0 fully saturated rings. The second kappa shape index (κ2) is 15.8. The molecule has 0 saturated heterocycles. The molecule has 7 nitrogen and oxygen atoms in total. The summed E-state index contributed by atoms with van der Waals surface area (Å²) in [7, 11) is 0. The molecule has 0 aromatic rings. The number of hydrogen-bond donors (Lipinski definition) is 1. The molecule has 0 aliphatic heterocycles. The molecule has 0 unspecified atom stereocenters. The van der Waals surface area contributed by atoms with E-state index in [0.717, 1.165) is 0 Å². The molecular weight excluding hydrogens is 229 g/mol. The van der Waals surface area contributed by atoms with Gasteiger partial charge in [0.25, 0.3) is 0 Å². The molecule has 0 aromatic heterocycles. The van der Waals surface area contributed by atoms with E-state index < -0.39 is 11.2 Å². The Kier molecular flexibility index (Phi) is 35.9. The van der Waals surface area contributed by atoms with Crippen molar-refractivity contribution in [3.8, 4) is 0 Å². The van der Waals surface area contributed by atoms with Crippen molar-refractivity contribution in [3.63, 3.8) is 0 Å². The predicted octanol–water partition coefficient (Wildman–Crippen LogP) is -4.73. The number of nitrogens with zero attached hydrogens (tertiary/aromatic N) is 1. The minimum atomic E-state index is -2.08. The predicted molar refractivity (Wildman–Crippen MR) is 24.1 cm³/mol. The van der Waals surface area contributed by atoms with Gasteiger partial charge in [0.2, 0.25) is 6.16 Å². The normalized spacial score (nSPS) is 4.80. The Morgan fingerprint density at radius 3 is 1.40 bits per heavy atom. The Morgan fingerprint density at radius 2 is 1.40 bits per heavy atom. The zero-order chi connectivity index (χ0) is 7.15. The maximum absolute atomic E-state index is 8.44. The molecule has 0 bridgehead atoms. The first kappa shape index (κ1) is 22.7. The van der Waals surface area contributed by atoms with E-state index in [1.807, 2.05) is 0 Å². The van der Waals surface area contributed by atoms with Gasteiger partial charge in [-0.2, -0.15) is 0 Å². The fraction of sp³-hybridized carbons (Fsp3) is 0. The van der Waals surface area contributed by atoms with Crippen molar-refractivity contribution in [2.45, 2.75) is 0 Å². The number of rotatable bonds is 0. The van der Waals surface area contributed by atoms with Crippen molar-refractivity contribution in [1.29, 1.82) is 0 Å². The number of carboxylic acid groups (broad SMARTS) is 2. The number of hydrogen-bond acceptors (Lipinski definition) is 5. The van der Waals surface area contributed by atoms with Crippen LogP contribution >= 0.6 is 0 Å². The number of halogens is 1. The van der Waals surface area contributed by atoms with Gasteiger partial charge in [-0.05, 0) is 0 Å². The average Bonchev–Trinajstić information content (AvgIpc) is 1.25. The summed E-state index contributed by atoms with van der Waals surface area (Å²) >= 11 is 0. The molecule has 0 radical (unpaired) electrons. The molecule has 0 heterocycles. The fourth-order valence-corrected chi connectivity index (χ4v) is 0. The smallest absolute Gasteiger partial charge is 1.00 e. The topological polar surface area (TPSA) is 127 Å². The standard InChI is InChI=1S/CH2O3.Al.BrH.NO3/c2-1(3)4;;;2-1(3)4/h(H2,2,3,4);;1H;/q;+3;;-1/p-2. The van der Waals surface area contributed by atoms with Gasteiger partial charge in [-0.3, -0.25) is 0 Å². The molecule has 0 aromatic carbocycles. The van der Waals surface area contributed by atoms with E-state index in [-0.39, 0.29) is 34.3 Å². The third-order valence-corrected chi connectivity index (χ3v) is 0. The largest absolute Gasteiger partial charge is 3.00 e. The summed E-state index contributed by atoms with van der Waals surface area (Å²) in [4.78, 5) is 16.7. The summed E-state index contributed by atoms with van der Waals surface area (Å²) in [5, 5.41) is 30.1. The van der Waals surface area contributed by atoms with Gasteiger partial charge in [0, 0.05) is 0 Å². The van der Waals surface area contributed by atoms with Crippen LogP contribution in [0.25, 0.3) is 0 Å². The van der Waals surface area contributed by atoms with Crippen LogP contribution in [0, 0.1) is 15.3 Å². The Morgan fingerprint density at radius 1 is 1.40 bits per heavy atom. The SMILES string of the molecule is O=C([O-])O.O=[N+]([O-])[O-].[Al+3].[Br-]. The summed E-state index contributed by atoms with van der Waals surface area (Å²) in [5.41, 5.74) is 0. The molecule has 0 saturated carbocycles. The summed E-state index contributed by atoms with van der Waals surface area (Å²) in [6.45, 7) is 0. The van der Waals surface area contributed by atoms with Crippen molar-refractivity contribution in [1.82, 2.24) is 0 Å². The van der Waals surface area contributed by atoms with Gasteiger partial charge < -0.3 is 47.3 Å². The second-order valence-electron chi connectivity index (χ2n) is 0.490. The Labute approximate surface area is 76.3 Å². The molecule has 1 N–H and O–H groups in total. The molecular formula is CHAlBrNO6. The van der Waals surface area contributed by atoms with E-state index >= 15 is 0 Å². The van der Waals surface area contributed by atoms with Crippen LogP contribution in [-0.2, 0) is 0 Å². The first-order valence-electron chi connectivity index (χ1n) is 1.18. The fourth-order valence-electron chi connectivity index (χ4n) is 0. The molecule has 0 rings (SSSR count). The van der Waals surface area contributed by atoms with Gasteiger partial charge in [-0.25, -0.2) is 0 Å². The van der Waals surface area contributed by atoms with E-state index in [0.29, 0.717) is 0 Å². The summed E-state index contributed by atoms with van der Waals surface area (Å²) in [6.07, 6.45) is -2.08. The minimum absolute atomic E-state index is 0. The van der Waals surface area contributed by atoms with Gasteiger partial charge in [0.05, 0.1) is 5.09 Å². The van der Waals surface area contributed by atoms with Crippen molar-refractivity contribution < 1.29 is 37.1 Å². The Hall–Kier alpha value is -0.518. The minimum Gasteiger partial charge on any atom is -1.00 e. The molecule has 0 aliphatic rings. The van der Waals surface area contributed by atoms with E-state index in [1.54, 1.807) is 0 Å². The first-order chi connectivity index (χ1) is 3.46. The molecule has 10 heavy (non-hydrogen) atoms. The van der Waals surface area contributed by atoms with Crippen LogP contribution in [0.3, 0.4) is 0 Å². The maximum Gasteiger partial charge on any atom is 3.00 e. The monoisotopic (exact) mass is 229 g/mol. The zero-order valence-electron chi connectivity index (χ0n) is 4.39. The van der Waals surface area contributed by atoms with Gasteiger partial charge in [0.15, 0.2) is 0 Å². The van der Waals surface area contributed by atoms with E-state index in [2.05, 4.69) is 0 Å². The second-order valence-corrected chi connectivity index (χ2v) is 0.490.